The molecule has 1 atom stereocenters. The molecule has 20 heavy (non-hydrogen) atoms. The SMILES string of the molecule is CC(CCc1ccc(O)cc1)Nc1cccc(C#N)c1. The zero-order valence-electron chi connectivity index (χ0n) is 11.5. The first-order valence-electron chi connectivity index (χ1n) is 6.72. The average Bonchev–Trinajstić information content (AvgIpc) is 2.47. The van der Waals surface area contributed by atoms with Crippen molar-refractivity contribution in [1.29, 1.82) is 5.26 Å². The highest BCUT2D eigenvalue weighted by Crippen LogP contribution is 2.15. The van der Waals surface area contributed by atoms with Crippen LogP contribution in [0.1, 0.15) is 24.5 Å². The minimum atomic E-state index is 0.299. The van der Waals surface area contributed by atoms with Crippen LogP contribution in [0.5, 0.6) is 5.75 Å². The normalized spacial score (nSPS) is 11.6. The van der Waals surface area contributed by atoms with Crippen molar-refractivity contribution in [2.75, 3.05) is 5.32 Å². The van der Waals surface area contributed by atoms with E-state index < -0.39 is 0 Å². The summed E-state index contributed by atoms with van der Waals surface area (Å²) in [6.45, 7) is 2.12. The number of rotatable bonds is 5. The van der Waals surface area contributed by atoms with Gasteiger partial charge in [0.25, 0.3) is 0 Å². The molecule has 0 aliphatic heterocycles. The molecule has 102 valence electrons. The molecule has 2 aromatic rings. The van der Waals surface area contributed by atoms with Crippen LogP contribution in [-0.2, 0) is 6.42 Å². The Morgan fingerprint density at radius 2 is 1.95 bits per heavy atom. The zero-order valence-corrected chi connectivity index (χ0v) is 11.5. The molecular formula is C17H18N2O. The third kappa shape index (κ3) is 4.03. The van der Waals surface area contributed by atoms with Crippen molar-refractivity contribution in [3.05, 3.63) is 59.7 Å². The van der Waals surface area contributed by atoms with Gasteiger partial charge in [-0.2, -0.15) is 5.26 Å². The van der Waals surface area contributed by atoms with Gasteiger partial charge in [-0.05, 0) is 55.7 Å². The highest BCUT2D eigenvalue weighted by Gasteiger charge is 2.03. The van der Waals surface area contributed by atoms with E-state index >= 15 is 0 Å². The topological polar surface area (TPSA) is 56.0 Å². The lowest BCUT2D eigenvalue weighted by Crippen LogP contribution is -2.16. The quantitative estimate of drug-likeness (QED) is 0.867. The van der Waals surface area contributed by atoms with Crippen LogP contribution in [0.3, 0.4) is 0 Å². The monoisotopic (exact) mass is 266 g/mol. The Morgan fingerprint density at radius 1 is 1.20 bits per heavy atom. The molecule has 3 nitrogen and oxygen atoms in total. The van der Waals surface area contributed by atoms with E-state index in [1.165, 1.54) is 5.56 Å². The fourth-order valence-corrected chi connectivity index (χ4v) is 2.08. The molecule has 0 saturated carbocycles. The van der Waals surface area contributed by atoms with Gasteiger partial charge >= 0.3 is 0 Å². The number of anilines is 1. The molecule has 0 bridgehead atoms. The predicted octanol–water partition coefficient (Wildman–Crippen LogP) is 3.70. The molecule has 0 aromatic heterocycles. The van der Waals surface area contributed by atoms with Gasteiger partial charge in [-0.15, -0.1) is 0 Å². The van der Waals surface area contributed by atoms with Crippen molar-refractivity contribution < 1.29 is 5.11 Å². The molecule has 0 aliphatic rings. The van der Waals surface area contributed by atoms with Crippen molar-refractivity contribution in [2.45, 2.75) is 25.8 Å². The van der Waals surface area contributed by atoms with E-state index in [1.807, 2.05) is 30.3 Å². The summed E-state index contributed by atoms with van der Waals surface area (Å²) in [6.07, 6.45) is 1.94. The van der Waals surface area contributed by atoms with Gasteiger partial charge in [0.1, 0.15) is 5.75 Å². The Labute approximate surface area is 119 Å². The van der Waals surface area contributed by atoms with Gasteiger partial charge in [-0.3, -0.25) is 0 Å². The summed E-state index contributed by atoms with van der Waals surface area (Å²) in [5.74, 6) is 0.299. The highest BCUT2D eigenvalue weighted by molar-refractivity contribution is 5.49. The minimum absolute atomic E-state index is 0.299. The molecule has 1 unspecified atom stereocenters. The van der Waals surface area contributed by atoms with Crippen LogP contribution in [0.4, 0.5) is 5.69 Å². The van der Waals surface area contributed by atoms with Crippen molar-refractivity contribution >= 4 is 5.69 Å². The predicted molar refractivity (Wildman–Crippen MR) is 80.7 cm³/mol. The lowest BCUT2D eigenvalue weighted by atomic mass is 10.1. The van der Waals surface area contributed by atoms with Crippen LogP contribution >= 0.6 is 0 Å². The van der Waals surface area contributed by atoms with Gasteiger partial charge in [-0.1, -0.05) is 18.2 Å². The number of benzene rings is 2. The molecular weight excluding hydrogens is 248 g/mol. The first-order valence-corrected chi connectivity index (χ1v) is 6.72. The van der Waals surface area contributed by atoms with E-state index in [-0.39, 0.29) is 0 Å². The Kier molecular flexibility index (Phi) is 4.62. The Balaban J connectivity index is 1.87. The molecule has 0 radical (unpaired) electrons. The maximum absolute atomic E-state index is 9.24. The van der Waals surface area contributed by atoms with Gasteiger partial charge < -0.3 is 10.4 Å². The van der Waals surface area contributed by atoms with E-state index in [0.717, 1.165) is 18.5 Å². The maximum atomic E-state index is 9.24. The van der Waals surface area contributed by atoms with Crippen LogP contribution in [0.15, 0.2) is 48.5 Å². The van der Waals surface area contributed by atoms with Crippen LogP contribution in [-0.4, -0.2) is 11.1 Å². The minimum Gasteiger partial charge on any atom is -0.508 e. The zero-order chi connectivity index (χ0) is 14.4. The number of phenols is 1. The van der Waals surface area contributed by atoms with Crippen molar-refractivity contribution in [2.24, 2.45) is 0 Å². The molecule has 3 heteroatoms. The van der Waals surface area contributed by atoms with E-state index in [0.29, 0.717) is 17.4 Å². The maximum Gasteiger partial charge on any atom is 0.115 e. The summed E-state index contributed by atoms with van der Waals surface area (Å²) in [7, 11) is 0. The second-order valence-electron chi connectivity index (χ2n) is 4.94. The fourth-order valence-electron chi connectivity index (χ4n) is 2.08. The van der Waals surface area contributed by atoms with E-state index in [1.54, 1.807) is 18.2 Å². The van der Waals surface area contributed by atoms with E-state index in [4.69, 9.17) is 5.26 Å². The molecule has 0 aliphatic carbocycles. The Morgan fingerprint density at radius 3 is 2.65 bits per heavy atom. The van der Waals surface area contributed by atoms with Crippen LogP contribution in [0, 0.1) is 11.3 Å². The standard InChI is InChI=1S/C17H18N2O/c1-13(5-6-14-7-9-17(20)10-8-14)19-16-4-2-3-15(11-16)12-18/h2-4,7-11,13,19-20H,5-6H2,1H3. The molecule has 0 fully saturated rings. The largest absolute Gasteiger partial charge is 0.508 e. The van der Waals surface area contributed by atoms with Crippen molar-refractivity contribution in [3.8, 4) is 11.8 Å². The molecule has 0 amide bonds. The number of hydrogen-bond acceptors (Lipinski definition) is 3. The first kappa shape index (κ1) is 14.0. The van der Waals surface area contributed by atoms with Gasteiger partial charge in [0.2, 0.25) is 0 Å². The fraction of sp³-hybridized carbons (Fsp3) is 0.235. The second-order valence-corrected chi connectivity index (χ2v) is 4.94. The van der Waals surface area contributed by atoms with Gasteiger partial charge in [-0.25, -0.2) is 0 Å². The summed E-state index contributed by atoms with van der Waals surface area (Å²) < 4.78 is 0. The smallest absolute Gasteiger partial charge is 0.115 e. The summed E-state index contributed by atoms with van der Waals surface area (Å²) in [6, 6.07) is 17.3. The number of nitrogens with one attached hydrogen (secondary N) is 1. The Hall–Kier alpha value is -2.47. The number of aromatic hydroxyl groups is 1. The number of aryl methyl sites for hydroxylation is 1. The number of hydrogen-bond donors (Lipinski definition) is 2. The summed E-state index contributed by atoms with van der Waals surface area (Å²) >= 11 is 0. The van der Waals surface area contributed by atoms with Gasteiger partial charge in [0.05, 0.1) is 11.6 Å². The van der Waals surface area contributed by atoms with Crippen LogP contribution < -0.4 is 5.32 Å². The third-order valence-electron chi connectivity index (χ3n) is 3.21. The van der Waals surface area contributed by atoms with Crippen molar-refractivity contribution in [1.82, 2.24) is 0 Å². The van der Waals surface area contributed by atoms with Gasteiger partial charge in [0, 0.05) is 11.7 Å². The molecule has 2 N–H and O–H groups in total. The molecule has 0 spiro atoms. The van der Waals surface area contributed by atoms with Crippen LogP contribution in [0.2, 0.25) is 0 Å². The average molecular weight is 266 g/mol. The highest BCUT2D eigenvalue weighted by atomic mass is 16.3. The first-order chi connectivity index (χ1) is 9.67. The number of nitrogens with zero attached hydrogens (tertiary/aromatic N) is 1. The van der Waals surface area contributed by atoms with E-state index in [2.05, 4.69) is 18.3 Å². The van der Waals surface area contributed by atoms with Crippen molar-refractivity contribution in [3.63, 3.8) is 0 Å². The second kappa shape index (κ2) is 6.63. The molecule has 0 saturated heterocycles. The lowest BCUT2D eigenvalue weighted by Gasteiger charge is -2.15. The molecule has 2 aromatic carbocycles. The third-order valence-corrected chi connectivity index (χ3v) is 3.21. The number of nitriles is 1. The summed E-state index contributed by atoms with van der Waals surface area (Å²) in [5.41, 5.74) is 2.85. The van der Waals surface area contributed by atoms with Crippen LogP contribution in [0.25, 0.3) is 0 Å². The summed E-state index contributed by atoms with van der Waals surface area (Å²) in [5, 5.41) is 21.5. The van der Waals surface area contributed by atoms with Gasteiger partial charge in [0.15, 0.2) is 0 Å². The summed E-state index contributed by atoms with van der Waals surface area (Å²) in [4.78, 5) is 0. The molecule has 0 heterocycles. The van der Waals surface area contributed by atoms with E-state index in [9.17, 15) is 5.11 Å². The number of phenolic OH excluding ortho intramolecular Hbond substituents is 1. The lowest BCUT2D eigenvalue weighted by molar-refractivity contribution is 0.475. The Bertz CT molecular complexity index is 599. The molecule has 2 rings (SSSR count).